The molecule has 1 fully saturated rings. The fourth-order valence-corrected chi connectivity index (χ4v) is 2.68. The summed E-state index contributed by atoms with van der Waals surface area (Å²) in [6.07, 6.45) is 4.87. The zero-order valence-corrected chi connectivity index (χ0v) is 11.7. The van der Waals surface area contributed by atoms with E-state index in [9.17, 15) is 9.59 Å². The molecule has 1 saturated carbocycles. The maximum Gasteiger partial charge on any atom is 0.242 e. The van der Waals surface area contributed by atoms with Gasteiger partial charge >= 0.3 is 0 Å². The standard InChI is InChI=1S/C12H11Cl3O3/c13-7-8(14)11(17)12(9(15)10(7)16)18-6-4-2-1-3-5-6/h6H,1-5H2. The third kappa shape index (κ3) is 2.58. The predicted octanol–water partition coefficient (Wildman–Crippen LogP) is 3.63. The van der Waals surface area contributed by atoms with Gasteiger partial charge in [0, 0.05) is 0 Å². The molecule has 0 aromatic rings. The summed E-state index contributed by atoms with van der Waals surface area (Å²) in [4.78, 5) is 23.5. The minimum atomic E-state index is -0.659. The molecule has 0 aromatic heterocycles. The zero-order chi connectivity index (χ0) is 13.3. The van der Waals surface area contributed by atoms with Crippen LogP contribution in [0.25, 0.3) is 0 Å². The molecule has 18 heavy (non-hydrogen) atoms. The Hall–Kier alpha value is -0.510. The van der Waals surface area contributed by atoms with E-state index in [1.807, 2.05) is 0 Å². The molecule has 2 rings (SSSR count). The van der Waals surface area contributed by atoms with Crippen molar-refractivity contribution >= 4 is 46.4 Å². The quantitative estimate of drug-likeness (QED) is 0.732. The van der Waals surface area contributed by atoms with Gasteiger partial charge in [-0.05, 0) is 25.7 Å². The fraction of sp³-hybridized carbons (Fsp3) is 0.500. The SMILES string of the molecule is O=C1C(Cl)=C(Cl)C(=O)C(OC2CCCCC2)=C1Cl. The Morgan fingerprint density at radius 3 is 2.00 bits per heavy atom. The van der Waals surface area contributed by atoms with Gasteiger partial charge in [0.05, 0.1) is 6.10 Å². The second kappa shape index (κ2) is 5.64. The van der Waals surface area contributed by atoms with E-state index < -0.39 is 11.6 Å². The van der Waals surface area contributed by atoms with Gasteiger partial charge in [0.15, 0.2) is 5.76 Å². The first-order chi connectivity index (χ1) is 8.52. The highest BCUT2D eigenvalue weighted by Crippen LogP contribution is 2.34. The molecule has 0 amide bonds. The third-order valence-electron chi connectivity index (χ3n) is 3.03. The fourth-order valence-electron chi connectivity index (χ4n) is 2.05. The van der Waals surface area contributed by atoms with Crippen LogP contribution in [0.2, 0.25) is 0 Å². The largest absolute Gasteiger partial charge is 0.485 e. The highest BCUT2D eigenvalue weighted by molar-refractivity contribution is 6.64. The van der Waals surface area contributed by atoms with Crippen LogP contribution in [0.4, 0.5) is 0 Å². The highest BCUT2D eigenvalue weighted by Gasteiger charge is 2.35. The van der Waals surface area contributed by atoms with Gasteiger partial charge in [0.25, 0.3) is 0 Å². The number of Topliss-reactive ketones (excluding diaryl/α,β-unsaturated/α-hetero) is 2. The van der Waals surface area contributed by atoms with E-state index in [0.29, 0.717) is 0 Å². The van der Waals surface area contributed by atoms with Crippen LogP contribution in [0.3, 0.4) is 0 Å². The molecule has 2 aliphatic carbocycles. The molecule has 0 spiro atoms. The van der Waals surface area contributed by atoms with Gasteiger partial charge in [-0.1, -0.05) is 41.2 Å². The van der Waals surface area contributed by atoms with Crippen molar-refractivity contribution in [1.82, 2.24) is 0 Å². The molecular weight excluding hydrogens is 298 g/mol. The molecule has 3 nitrogen and oxygen atoms in total. The summed E-state index contributed by atoms with van der Waals surface area (Å²) < 4.78 is 5.55. The van der Waals surface area contributed by atoms with E-state index in [1.165, 1.54) is 0 Å². The smallest absolute Gasteiger partial charge is 0.242 e. The first-order valence-corrected chi connectivity index (χ1v) is 6.87. The molecule has 0 saturated heterocycles. The Labute approximate surface area is 120 Å². The topological polar surface area (TPSA) is 43.4 Å². The van der Waals surface area contributed by atoms with Crippen LogP contribution in [0.15, 0.2) is 20.9 Å². The maximum atomic E-state index is 11.9. The molecule has 6 heteroatoms. The van der Waals surface area contributed by atoms with Gasteiger partial charge in [-0.25, -0.2) is 0 Å². The van der Waals surface area contributed by atoms with Crippen LogP contribution < -0.4 is 0 Å². The number of carbonyl (C=O) groups excluding carboxylic acids is 2. The molecule has 0 heterocycles. The lowest BCUT2D eigenvalue weighted by Gasteiger charge is -2.25. The van der Waals surface area contributed by atoms with Crippen molar-refractivity contribution in [2.24, 2.45) is 0 Å². The van der Waals surface area contributed by atoms with E-state index in [0.717, 1.165) is 32.1 Å². The molecular formula is C12H11Cl3O3. The van der Waals surface area contributed by atoms with Crippen LogP contribution in [0, 0.1) is 0 Å². The molecule has 0 N–H and O–H groups in total. The summed E-state index contributed by atoms with van der Waals surface area (Å²) in [5.41, 5.74) is 0. The van der Waals surface area contributed by atoms with Crippen molar-refractivity contribution in [1.29, 1.82) is 0 Å². The Kier molecular flexibility index (Phi) is 4.36. The number of halogens is 3. The van der Waals surface area contributed by atoms with Crippen LogP contribution in [-0.2, 0) is 14.3 Å². The predicted molar refractivity (Wildman–Crippen MR) is 69.6 cm³/mol. The number of ketones is 2. The van der Waals surface area contributed by atoms with Crippen molar-refractivity contribution in [2.75, 3.05) is 0 Å². The Morgan fingerprint density at radius 1 is 0.833 bits per heavy atom. The van der Waals surface area contributed by atoms with Crippen LogP contribution in [0.5, 0.6) is 0 Å². The molecule has 0 unspecified atom stereocenters. The van der Waals surface area contributed by atoms with E-state index >= 15 is 0 Å². The molecule has 98 valence electrons. The normalized spacial score (nSPS) is 22.8. The van der Waals surface area contributed by atoms with Crippen LogP contribution in [0.1, 0.15) is 32.1 Å². The van der Waals surface area contributed by atoms with Crippen molar-refractivity contribution in [3.05, 3.63) is 20.9 Å². The molecule has 0 aliphatic heterocycles. The first kappa shape index (κ1) is 13.9. The summed E-state index contributed by atoms with van der Waals surface area (Å²) in [7, 11) is 0. The van der Waals surface area contributed by atoms with Gasteiger partial charge in [0.2, 0.25) is 11.6 Å². The second-order valence-electron chi connectivity index (χ2n) is 4.31. The van der Waals surface area contributed by atoms with Gasteiger partial charge in [-0.15, -0.1) is 0 Å². The van der Waals surface area contributed by atoms with Gasteiger partial charge in [0.1, 0.15) is 15.1 Å². The molecule has 0 bridgehead atoms. The van der Waals surface area contributed by atoms with Crippen molar-refractivity contribution in [3.63, 3.8) is 0 Å². The summed E-state index contributed by atoms with van der Waals surface area (Å²) in [5.74, 6) is -1.44. The zero-order valence-electron chi connectivity index (χ0n) is 9.47. The minimum Gasteiger partial charge on any atom is -0.485 e. The van der Waals surface area contributed by atoms with Gasteiger partial charge in [-0.2, -0.15) is 0 Å². The third-order valence-corrected chi connectivity index (χ3v) is 4.19. The van der Waals surface area contributed by atoms with E-state index in [1.54, 1.807) is 0 Å². The van der Waals surface area contributed by atoms with Crippen molar-refractivity contribution < 1.29 is 14.3 Å². The lowest BCUT2D eigenvalue weighted by molar-refractivity contribution is -0.119. The van der Waals surface area contributed by atoms with Crippen LogP contribution in [-0.4, -0.2) is 17.7 Å². The van der Waals surface area contributed by atoms with E-state index in [4.69, 9.17) is 39.5 Å². The summed E-state index contributed by atoms with van der Waals surface area (Å²) in [6.45, 7) is 0. The van der Waals surface area contributed by atoms with Gasteiger partial charge < -0.3 is 4.74 Å². The number of hydrogen-bond donors (Lipinski definition) is 0. The molecule has 2 aliphatic rings. The number of rotatable bonds is 2. The lowest BCUT2D eigenvalue weighted by atomic mass is 9.97. The highest BCUT2D eigenvalue weighted by atomic mass is 35.5. The van der Waals surface area contributed by atoms with E-state index in [2.05, 4.69) is 0 Å². The monoisotopic (exact) mass is 308 g/mol. The van der Waals surface area contributed by atoms with Crippen molar-refractivity contribution in [3.8, 4) is 0 Å². The Balaban J connectivity index is 2.21. The molecule has 0 atom stereocenters. The number of carbonyl (C=O) groups is 2. The molecule has 0 aromatic carbocycles. The number of hydrogen-bond acceptors (Lipinski definition) is 3. The maximum absolute atomic E-state index is 11.9. The summed E-state index contributed by atoms with van der Waals surface area (Å²) >= 11 is 17.1. The number of ether oxygens (including phenoxy) is 1. The van der Waals surface area contributed by atoms with Crippen molar-refractivity contribution in [2.45, 2.75) is 38.2 Å². The lowest BCUT2D eigenvalue weighted by Crippen LogP contribution is -2.25. The average molecular weight is 310 g/mol. The van der Waals surface area contributed by atoms with E-state index in [-0.39, 0.29) is 27.0 Å². The van der Waals surface area contributed by atoms with Crippen LogP contribution >= 0.6 is 34.8 Å². The summed E-state index contributed by atoms with van der Waals surface area (Å²) in [5, 5.41) is -0.945. The first-order valence-electron chi connectivity index (χ1n) is 5.73. The average Bonchev–Trinajstić information content (AvgIpc) is 2.40. The Bertz CT molecular complexity index is 459. The minimum absolute atomic E-state index is 0.0828. The second-order valence-corrected chi connectivity index (χ2v) is 5.44. The number of allylic oxidation sites excluding steroid dienone is 3. The summed E-state index contributed by atoms with van der Waals surface area (Å²) in [6, 6.07) is 0. The Morgan fingerprint density at radius 2 is 1.39 bits per heavy atom. The molecule has 0 radical (unpaired) electrons. The van der Waals surface area contributed by atoms with Gasteiger partial charge in [-0.3, -0.25) is 9.59 Å².